The average molecular weight is 243 g/mol. The van der Waals surface area contributed by atoms with Crippen molar-refractivity contribution >= 4 is 11.6 Å². The van der Waals surface area contributed by atoms with E-state index in [1.165, 1.54) is 0 Å². The van der Waals surface area contributed by atoms with Gasteiger partial charge >= 0.3 is 0 Å². The zero-order chi connectivity index (χ0) is 13.1. The third kappa shape index (κ3) is 2.27. The van der Waals surface area contributed by atoms with Crippen LogP contribution in [0.5, 0.6) is 0 Å². The lowest BCUT2D eigenvalue weighted by atomic mass is 10.0. The van der Waals surface area contributed by atoms with E-state index >= 15 is 0 Å². The monoisotopic (exact) mass is 243 g/mol. The SMILES string of the molecule is CCc1ccccc1C(=O)Nc1c(C)n[nH]c1C. The summed E-state index contributed by atoms with van der Waals surface area (Å²) in [5.41, 5.74) is 4.21. The van der Waals surface area contributed by atoms with E-state index in [0.717, 1.165) is 34.6 Å². The van der Waals surface area contributed by atoms with Crippen molar-refractivity contribution in [2.45, 2.75) is 27.2 Å². The van der Waals surface area contributed by atoms with Gasteiger partial charge in [0.1, 0.15) is 0 Å². The minimum Gasteiger partial charge on any atom is -0.319 e. The number of amides is 1. The lowest BCUT2D eigenvalue weighted by Crippen LogP contribution is -2.14. The van der Waals surface area contributed by atoms with E-state index in [-0.39, 0.29) is 5.91 Å². The maximum absolute atomic E-state index is 12.2. The van der Waals surface area contributed by atoms with Gasteiger partial charge < -0.3 is 5.32 Å². The number of rotatable bonds is 3. The van der Waals surface area contributed by atoms with Gasteiger partial charge in [0.15, 0.2) is 0 Å². The number of nitrogens with zero attached hydrogens (tertiary/aromatic N) is 1. The van der Waals surface area contributed by atoms with Gasteiger partial charge in [-0.2, -0.15) is 5.10 Å². The second-order valence-corrected chi connectivity index (χ2v) is 4.27. The first-order chi connectivity index (χ1) is 8.63. The van der Waals surface area contributed by atoms with E-state index < -0.39 is 0 Å². The second kappa shape index (κ2) is 5.04. The largest absolute Gasteiger partial charge is 0.319 e. The molecule has 1 heterocycles. The molecule has 1 aromatic heterocycles. The number of hydrogen-bond acceptors (Lipinski definition) is 2. The van der Waals surface area contributed by atoms with E-state index in [1.807, 2.05) is 45.0 Å². The normalized spacial score (nSPS) is 10.4. The summed E-state index contributed by atoms with van der Waals surface area (Å²) in [5, 5.41) is 9.84. The summed E-state index contributed by atoms with van der Waals surface area (Å²) in [7, 11) is 0. The van der Waals surface area contributed by atoms with Crippen LogP contribution >= 0.6 is 0 Å². The lowest BCUT2D eigenvalue weighted by Gasteiger charge is -2.08. The predicted molar refractivity (Wildman–Crippen MR) is 71.8 cm³/mol. The van der Waals surface area contributed by atoms with E-state index in [4.69, 9.17) is 0 Å². The molecule has 0 aliphatic heterocycles. The van der Waals surface area contributed by atoms with Crippen LogP contribution in [0, 0.1) is 13.8 Å². The molecule has 4 heteroatoms. The van der Waals surface area contributed by atoms with Crippen molar-refractivity contribution in [1.82, 2.24) is 10.2 Å². The highest BCUT2D eigenvalue weighted by Gasteiger charge is 2.13. The fourth-order valence-corrected chi connectivity index (χ4v) is 1.97. The fourth-order valence-electron chi connectivity index (χ4n) is 1.97. The molecular weight excluding hydrogens is 226 g/mol. The van der Waals surface area contributed by atoms with Gasteiger partial charge in [-0.25, -0.2) is 0 Å². The maximum atomic E-state index is 12.2. The number of hydrogen-bond donors (Lipinski definition) is 2. The van der Waals surface area contributed by atoms with Gasteiger partial charge in [0.25, 0.3) is 5.91 Å². The summed E-state index contributed by atoms with van der Waals surface area (Å²) >= 11 is 0. The van der Waals surface area contributed by atoms with Crippen LogP contribution in [-0.2, 0) is 6.42 Å². The molecule has 0 bridgehead atoms. The average Bonchev–Trinajstić information content (AvgIpc) is 2.70. The summed E-state index contributed by atoms with van der Waals surface area (Å²) in [5.74, 6) is -0.0833. The number of H-pyrrole nitrogens is 1. The van der Waals surface area contributed by atoms with Crippen molar-refractivity contribution in [3.8, 4) is 0 Å². The Morgan fingerprint density at radius 2 is 2.06 bits per heavy atom. The quantitative estimate of drug-likeness (QED) is 0.870. The van der Waals surface area contributed by atoms with Crippen LogP contribution in [0.1, 0.15) is 34.2 Å². The number of carbonyl (C=O) groups excluding carboxylic acids is 1. The van der Waals surface area contributed by atoms with E-state index in [9.17, 15) is 4.79 Å². The molecule has 94 valence electrons. The van der Waals surface area contributed by atoms with Crippen LogP contribution < -0.4 is 5.32 Å². The Bertz CT molecular complexity index is 553. The van der Waals surface area contributed by atoms with Gasteiger partial charge in [0, 0.05) is 5.56 Å². The van der Waals surface area contributed by atoms with Crippen LogP contribution in [0.15, 0.2) is 24.3 Å². The molecule has 0 radical (unpaired) electrons. The fraction of sp³-hybridized carbons (Fsp3) is 0.286. The van der Waals surface area contributed by atoms with Crippen molar-refractivity contribution in [2.24, 2.45) is 0 Å². The molecule has 0 saturated carbocycles. The van der Waals surface area contributed by atoms with Crippen molar-refractivity contribution in [3.63, 3.8) is 0 Å². The van der Waals surface area contributed by atoms with Crippen LogP contribution in [0.2, 0.25) is 0 Å². The molecule has 0 unspecified atom stereocenters. The highest BCUT2D eigenvalue weighted by Crippen LogP contribution is 2.18. The minimum atomic E-state index is -0.0833. The predicted octanol–water partition coefficient (Wildman–Crippen LogP) is 2.84. The number of benzene rings is 1. The first-order valence-corrected chi connectivity index (χ1v) is 6.04. The topological polar surface area (TPSA) is 57.8 Å². The molecular formula is C14H17N3O. The van der Waals surface area contributed by atoms with Crippen molar-refractivity contribution in [3.05, 3.63) is 46.8 Å². The molecule has 0 atom stereocenters. The minimum absolute atomic E-state index is 0.0833. The summed E-state index contributed by atoms with van der Waals surface area (Å²) in [6, 6.07) is 7.65. The maximum Gasteiger partial charge on any atom is 0.256 e. The van der Waals surface area contributed by atoms with Crippen LogP contribution in [0.25, 0.3) is 0 Å². The zero-order valence-corrected chi connectivity index (χ0v) is 10.9. The van der Waals surface area contributed by atoms with Crippen molar-refractivity contribution in [2.75, 3.05) is 5.32 Å². The molecule has 2 rings (SSSR count). The lowest BCUT2D eigenvalue weighted by molar-refractivity contribution is 0.102. The van der Waals surface area contributed by atoms with Crippen molar-refractivity contribution < 1.29 is 4.79 Å². The molecule has 2 N–H and O–H groups in total. The first-order valence-electron chi connectivity index (χ1n) is 6.04. The third-order valence-electron chi connectivity index (χ3n) is 3.01. The highest BCUT2D eigenvalue weighted by molar-refractivity contribution is 6.05. The van der Waals surface area contributed by atoms with Gasteiger partial charge in [0.2, 0.25) is 0 Å². The standard InChI is InChI=1S/C14H17N3O/c1-4-11-7-5-6-8-12(11)14(18)15-13-9(2)16-17-10(13)3/h5-8H,4H2,1-3H3,(H,15,18)(H,16,17). The summed E-state index contributed by atoms with van der Waals surface area (Å²) in [6.07, 6.45) is 0.840. The summed E-state index contributed by atoms with van der Waals surface area (Å²) in [4.78, 5) is 12.2. The van der Waals surface area contributed by atoms with Gasteiger partial charge in [-0.3, -0.25) is 9.89 Å². The molecule has 0 spiro atoms. The van der Waals surface area contributed by atoms with Gasteiger partial charge in [0.05, 0.1) is 17.1 Å². The highest BCUT2D eigenvalue weighted by atomic mass is 16.1. The number of aryl methyl sites for hydroxylation is 3. The molecule has 2 aromatic rings. The summed E-state index contributed by atoms with van der Waals surface area (Å²) < 4.78 is 0. The van der Waals surface area contributed by atoms with Crippen LogP contribution in [-0.4, -0.2) is 16.1 Å². The molecule has 0 aliphatic carbocycles. The van der Waals surface area contributed by atoms with Gasteiger partial charge in [-0.15, -0.1) is 0 Å². The molecule has 1 amide bonds. The zero-order valence-electron chi connectivity index (χ0n) is 10.9. The summed E-state index contributed by atoms with van der Waals surface area (Å²) in [6.45, 7) is 5.80. The number of nitrogens with one attached hydrogen (secondary N) is 2. The number of anilines is 1. The number of aromatic nitrogens is 2. The smallest absolute Gasteiger partial charge is 0.256 e. The van der Waals surface area contributed by atoms with Gasteiger partial charge in [-0.1, -0.05) is 25.1 Å². The Kier molecular flexibility index (Phi) is 3.46. The van der Waals surface area contributed by atoms with Crippen molar-refractivity contribution in [1.29, 1.82) is 0 Å². The Hall–Kier alpha value is -2.10. The Labute approximate surface area is 106 Å². The second-order valence-electron chi connectivity index (χ2n) is 4.27. The molecule has 0 aliphatic rings. The first kappa shape index (κ1) is 12.4. The number of aromatic amines is 1. The van der Waals surface area contributed by atoms with Crippen LogP contribution in [0.4, 0.5) is 5.69 Å². The Balaban J connectivity index is 2.28. The van der Waals surface area contributed by atoms with E-state index in [0.29, 0.717) is 0 Å². The molecule has 0 fully saturated rings. The van der Waals surface area contributed by atoms with Crippen LogP contribution in [0.3, 0.4) is 0 Å². The third-order valence-corrected chi connectivity index (χ3v) is 3.01. The molecule has 18 heavy (non-hydrogen) atoms. The van der Waals surface area contributed by atoms with E-state index in [2.05, 4.69) is 15.5 Å². The Morgan fingerprint density at radius 3 is 2.67 bits per heavy atom. The number of carbonyl (C=O) groups is 1. The van der Waals surface area contributed by atoms with E-state index in [1.54, 1.807) is 0 Å². The molecule has 4 nitrogen and oxygen atoms in total. The van der Waals surface area contributed by atoms with Gasteiger partial charge in [-0.05, 0) is 31.9 Å². The Morgan fingerprint density at radius 1 is 1.33 bits per heavy atom. The molecule has 1 aromatic carbocycles. The molecule has 0 saturated heterocycles.